The van der Waals surface area contributed by atoms with Gasteiger partial charge in [-0.25, -0.2) is 4.79 Å². The number of hydrogen-bond acceptors (Lipinski definition) is 6. The van der Waals surface area contributed by atoms with Gasteiger partial charge in [0.1, 0.15) is 0 Å². The number of nitro groups is 1. The summed E-state index contributed by atoms with van der Waals surface area (Å²) in [6, 6.07) is 10.5. The van der Waals surface area contributed by atoms with Gasteiger partial charge in [0.25, 0.3) is 5.69 Å². The van der Waals surface area contributed by atoms with Gasteiger partial charge in [-0.15, -0.1) is 10.2 Å². The highest BCUT2D eigenvalue weighted by Gasteiger charge is 2.20. The van der Waals surface area contributed by atoms with Gasteiger partial charge in [-0.3, -0.25) is 14.5 Å². The Morgan fingerprint density at radius 2 is 2.04 bits per heavy atom. The normalized spacial score (nSPS) is 11.9. The number of fused-ring (bicyclic) bond motifs is 1. The second kappa shape index (κ2) is 8.49. The lowest BCUT2D eigenvalue weighted by molar-refractivity contribution is -0.384. The topological polar surface area (TPSA) is 114 Å². The van der Waals surface area contributed by atoms with Gasteiger partial charge in [0.2, 0.25) is 0 Å². The van der Waals surface area contributed by atoms with Crippen molar-refractivity contribution < 1.29 is 9.72 Å². The predicted octanol–water partition coefficient (Wildman–Crippen LogP) is 3.25. The maximum Gasteiger partial charge on any atom is 0.319 e. The van der Waals surface area contributed by atoms with Crippen molar-refractivity contribution in [2.75, 3.05) is 17.3 Å². The molecule has 3 rings (SSSR count). The second-order valence-corrected chi connectivity index (χ2v) is 6.71. The molecular formula is C17H18N6O3S. The highest BCUT2D eigenvalue weighted by molar-refractivity contribution is 7.98. The van der Waals surface area contributed by atoms with E-state index in [0.717, 1.165) is 5.75 Å². The first kappa shape index (κ1) is 18.6. The average molecular weight is 386 g/mol. The standard InChI is InChI=1S/C17H18N6O3S/c1-27-11-9-14(16-21-20-15-4-2-3-10-22(15)16)19-17(24)18-12-5-7-13(8-6-12)23(25)26/h2-8,10,14H,9,11H2,1H3,(H2,18,19,24). The number of anilines is 1. The Balaban J connectivity index is 1.74. The van der Waals surface area contributed by atoms with Gasteiger partial charge < -0.3 is 10.6 Å². The highest BCUT2D eigenvalue weighted by atomic mass is 32.2. The predicted molar refractivity (Wildman–Crippen MR) is 104 cm³/mol. The molecule has 0 fully saturated rings. The van der Waals surface area contributed by atoms with Crippen LogP contribution in [0.2, 0.25) is 0 Å². The molecule has 0 radical (unpaired) electrons. The summed E-state index contributed by atoms with van der Waals surface area (Å²) in [4.78, 5) is 22.6. The number of carbonyl (C=O) groups is 1. The summed E-state index contributed by atoms with van der Waals surface area (Å²) in [5.41, 5.74) is 1.14. The van der Waals surface area contributed by atoms with Gasteiger partial charge >= 0.3 is 6.03 Å². The highest BCUT2D eigenvalue weighted by Crippen LogP contribution is 2.19. The van der Waals surface area contributed by atoms with Gasteiger partial charge in [0.15, 0.2) is 11.5 Å². The molecule has 1 aromatic carbocycles. The zero-order chi connectivity index (χ0) is 19.2. The van der Waals surface area contributed by atoms with E-state index in [0.29, 0.717) is 23.6 Å². The van der Waals surface area contributed by atoms with Gasteiger partial charge in [0.05, 0.1) is 11.0 Å². The Hall–Kier alpha value is -3.14. The molecule has 2 aromatic heterocycles. The van der Waals surface area contributed by atoms with Gasteiger partial charge in [-0.2, -0.15) is 11.8 Å². The third-order valence-electron chi connectivity index (χ3n) is 3.90. The Morgan fingerprint density at radius 1 is 1.26 bits per heavy atom. The van der Waals surface area contributed by atoms with Crippen LogP contribution in [0.1, 0.15) is 18.3 Å². The Labute approximate surface area is 159 Å². The van der Waals surface area contributed by atoms with Crippen molar-refractivity contribution in [3.05, 3.63) is 64.6 Å². The van der Waals surface area contributed by atoms with E-state index in [-0.39, 0.29) is 11.7 Å². The number of hydrogen-bond donors (Lipinski definition) is 2. The molecule has 0 bridgehead atoms. The number of aromatic nitrogens is 3. The minimum Gasteiger partial charge on any atom is -0.328 e. The van der Waals surface area contributed by atoms with Crippen LogP contribution in [0.3, 0.4) is 0 Å². The molecule has 27 heavy (non-hydrogen) atoms. The summed E-state index contributed by atoms with van der Waals surface area (Å²) >= 11 is 1.67. The Bertz CT molecular complexity index is 943. The number of non-ortho nitro benzene ring substituents is 1. The molecule has 0 saturated carbocycles. The number of thioether (sulfide) groups is 1. The first-order valence-corrected chi connectivity index (χ1v) is 9.58. The first-order valence-electron chi connectivity index (χ1n) is 8.19. The summed E-state index contributed by atoms with van der Waals surface area (Å²) in [5.74, 6) is 1.49. The smallest absolute Gasteiger partial charge is 0.319 e. The molecule has 0 aliphatic rings. The van der Waals surface area contributed by atoms with Crippen LogP contribution in [0.15, 0.2) is 48.7 Å². The van der Waals surface area contributed by atoms with Gasteiger partial charge in [-0.1, -0.05) is 6.07 Å². The monoisotopic (exact) mass is 386 g/mol. The molecular weight excluding hydrogens is 368 g/mol. The minimum absolute atomic E-state index is 0.0336. The fourth-order valence-corrected chi connectivity index (χ4v) is 3.06. The van der Waals surface area contributed by atoms with Gasteiger partial charge in [0, 0.05) is 24.0 Å². The number of nitro benzene ring substituents is 1. The third kappa shape index (κ3) is 4.53. The number of pyridine rings is 1. The Kier molecular flexibility index (Phi) is 5.87. The molecule has 0 aliphatic carbocycles. The maximum atomic E-state index is 12.4. The molecule has 2 amide bonds. The number of carbonyl (C=O) groups excluding carboxylic acids is 1. The second-order valence-electron chi connectivity index (χ2n) is 5.72. The minimum atomic E-state index is -0.487. The molecule has 10 heteroatoms. The lowest BCUT2D eigenvalue weighted by Crippen LogP contribution is -2.34. The quantitative estimate of drug-likeness (QED) is 0.476. The molecule has 3 aromatic rings. The number of amides is 2. The largest absolute Gasteiger partial charge is 0.328 e. The maximum absolute atomic E-state index is 12.4. The van der Waals surface area contributed by atoms with Crippen LogP contribution in [0.25, 0.3) is 5.65 Å². The third-order valence-corrected chi connectivity index (χ3v) is 4.55. The van der Waals surface area contributed by atoms with E-state index in [1.165, 1.54) is 24.3 Å². The van der Waals surface area contributed by atoms with E-state index in [9.17, 15) is 14.9 Å². The van der Waals surface area contributed by atoms with Crippen LogP contribution in [-0.4, -0.2) is 37.6 Å². The molecule has 0 aliphatic heterocycles. The number of benzene rings is 1. The van der Waals surface area contributed by atoms with Crippen LogP contribution in [-0.2, 0) is 0 Å². The van der Waals surface area contributed by atoms with Crippen LogP contribution >= 0.6 is 11.8 Å². The summed E-state index contributed by atoms with van der Waals surface area (Å²) in [6.07, 6.45) is 4.53. The number of nitrogens with one attached hydrogen (secondary N) is 2. The zero-order valence-corrected chi connectivity index (χ0v) is 15.3. The van der Waals surface area contributed by atoms with Crippen molar-refractivity contribution in [2.24, 2.45) is 0 Å². The fourth-order valence-electron chi connectivity index (χ4n) is 2.59. The molecule has 0 saturated heterocycles. The average Bonchev–Trinajstić information content (AvgIpc) is 3.09. The zero-order valence-electron chi connectivity index (χ0n) is 14.5. The molecule has 2 N–H and O–H groups in total. The molecule has 9 nitrogen and oxygen atoms in total. The van der Waals surface area contributed by atoms with E-state index < -0.39 is 11.0 Å². The molecule has 0 spiro atoms. The van der Waals surface area contributed by atoms with E-state index in [2.05, 4.69) is 20.8 Å². The summed E-state index contributed by atoms with van der Waals surface area (Å²) in [5, 5.41) is 24.7. The van der Waals surface area contributed by atoms with Crippen molar-refractivity contribution >= 4 is 34.8 Å². The SMILES string of the molecule is CSCCC(NC(=O)Nc1ccc([N+](=O)[O-])cc1)c1nnc2ccccn12. The molecule has 1 unspecified atom stereocenters. The molecule has 140 valence electrons. The van der Waals surface area contributed by atoms with Crippen molar-refractivity contribution in [3.8, 4) is 0 Å². The summed E-state index contributed by atoms with van der Waals surface area (Å²) in [6.45, 7) is 0. The van der Waals surface area contributed by atoms with Crippen LogP contribution in [0.4, 0.5) is 16.2 Å². The van der Waals surface area contributed by atoms with Crippen LogP contribution < -0.4 is 10.6 Å². The van der Waals surface area contributed by atoms with E-state index in [4.69, 9.17) is 0 Å². The lowest BCUT2D eigenvalue weighted by Gasteiger charge is -2.17. The summed E-state index contributed by atoms with van der Waals surface area (Å²) < 4.78 is 1.84. The van der Waals surface area contributed by atoms with Crippen molar-refractivity contribution in [1.29, 1.82) is 0 Å². The van der Waals surface area contributed by atoms with Gasteiger partial charge in [-0.05, 0) is 42.7 Å². The van der Waals surface area contributed by atoms with Crippen LogP contribution in [0.5, 0.6) is 0 Å². The van der Waals surface area contributed by atoms with Crippen molar-refractivity contribution in [2.45, 2.75) is 12.5 Å². The fraction of sp³-hybridized carbons (Fsp3) is 0.235. The van der Waals surface area contributed by atoms with Crippen molar-refractivity contribution in [1.82, 2.24) is 19.9 Å². The van der Waals surface area contributed by atoms with Crippen LogP contribution in [0, 0.1) is 10.1 Å². The molecule has 1 atom stereocenters. The van der Waals surface area contributed by atoms with E-state index in [1.54, 1.807) is 11.8 Å². The number of urea groups is 1. The number of nitrogens with zero attached hydrogens (tertiary/aromatic N) is 4. The Morgan fingerprint density at radius 3 is 2.74 bits per heavy atom. The van der Waals surface area contributed by atoms with E-state index in [1.807, 2.05) is 35.1 Å². The van der Waals surface area contributed by atoms with Crippen molar-refractivity contribution in [3.63, 3.8) is 0 Å². The lowest BCUT2D eigenvalue weighted by atomic mass is 10.2. The first-order chi connectivity index (χ1) is 13.1. The number of rotatable bonds is 7. The van der Waals surface area contributed by atoms with E-state index >= 15 is 0 Å². The summed E-state index contributed by atoms with van der Waals surface area (Å²) in [7, 11) is 0. The molecule has 2 heterocycles.